The van der Waals surface area contributed by atoms with E-state index < -0.39 is 22.2 Å². The second-order valence-electron chi connectivity index (χ2n) is 9.83. The van der Waals surface area contributed by atoms with Crippen molar-refractivity contribution in [3.8, 4) is 5.75 Å². The molecule has 1 aliphatic carbocycles. The van der Waals surface area contributed by atoms with E-state index in [1.54, 1.807) is 37.3 Å². The van der Waals surface area contributed by atoms with E-state index in [4.69, 9.17) is 4.74 Å². The molecule has 1 N–H and O–H groups in total. The molecule has 1 aromatic carbocycles. The third-order valence-electron chi connectivity index (χ3n) is 7.06. The molecule has 2 aromatic rings. The van der Waals surface area contributed by atoms with Crippen molar-refractivity contribution in [3.63, 3.8) is 0 Å². The summed E-state index contributed by atoms with van der Waals surface area (Å²) in [5, 5.41) is 9.83. The van der Waals surface area contributed by atoms with E-state index in [1.165, 1.54) is 9.88 Å². The number of benzene rings is 1. The van der Waals surface area contributed by atoms with Crippen molar-refractivity contribution < 1.29 is 23.1 Å². The van der Waals surface area contributed by atoms with Gasteiger partial charge in [0.2, 0.25) is 15.9 Å². The Hall–Kier alpha value is -2.75. The van der Waals surface area contributed by atoms with Crippen LogP contribution >= 0.6 is 0 Å². The quantitative estimate of drug-likeness (QED) is 0.611. The summed E-state index contributed by atoms with van der Waals surface area (Å²) >= 11 is 0. The molecule has 36 heavy (non-hydrogen) atoms. The van der Waals surface area contributed by atoms with Crippen LogP contribution in [0.25, 0.3) is 5.57 Å². The van der Waals surface area contributed by atoms with Crippen LogP contribution in [-0.2, 0) is 21.2 Å². The molecule has 1 aromatic heterocycles. The van der Waals surface area contributed by atoms with Crippen molar-refractivity contribution in [1.29, 1.82) is 0 Å². The molecule has 8 nitrogen and oxygen atoms in total. The molecular formula is C27H35N3O5S. The summed E-state index contributed by atoms with van der Waals surface area (Å²) in [6.07, 6.45) is 8.36. The van der Waals surface area contributed by atoms with Crippen molar-refractivity contribution in [2.75, 3.05) is 26.7 Å². The minimum absolute atomic E-state index is 0.0580. The van der Waals surface area contributed by atoms with Gasteiger partial charge in [-0.3, -0.25) is 9.78 Å². The van der Waals surface area contributed by atoms with Gasteiger partial charge in [0.05, 0.1) is 19.6 Å². The molecular weight excluding hydrogens is 478 g/mol. The predicted octanol–water partition coefficient (Wildman–Crippen LogP) is 3.12. The zero-order valence-corrected chi connectivity index (χ0v) is 21.9. The normalized spacial score (nSPS) is 22.5. The van der Waals surface area contributed by atoms with E-state index in [9.17, 15) is 18.3 Å². The molecule has 2 heterocycles. The number of carbonyl (C=O) groups excluding carboxylic acids is 1. The second kappa shape index (κ2) is 11.1. The zero-order chi connectivity index (χ0) is 25.9. The Morgan fingerprint density at radius 2 is 2.03 bits per heavy atom. The van der Waals surface area contributed by atoms with Crippen LogP contribution in [0.4, 0.5) is 0 Å². The monoisotopic (exact) mass is 513 g/mol. The summed E-state index contributed by atoms with van der Waals surface area (Å²) in [4.78, 5) is 18.7. The molecule has 1 amide bonds. The molecule has 2 aliphatic rings. The van der Waals surface area contributed by atoms with Gasteiger partial charge >= 0.3 is 0 Å². The molecule has 0 unspecified atom stereocenters. The van der Waals surface area contributed by atoms with Crippen molar-refractivity contribution in [2.24, 2.45) is 5.92 Å². The number of aromatic nitrogens is 1. The lowest BCUT2D eigenvalue weighted by molar-refractivity contribution is -0.130. The summed E-state index contributed by atoms with van der Waals surface area (Å²) in [6, 6.07) is 8.30. The van der Waals surface area contributed by atoms with Crippen LogP contribution < -0.4 is 4.74 Å². The van der Waals surface area contributed by atoms with Crippen LogP contribution in [0.15, 0.2) is 53.7 Å². The van der Waals surface area contributed by atoms with Gasteiger partial charge in [-0.2, -0.15) is 4.31 Å². The van der Waals surface area contributed by atoms with Gasteiger partial charge in [-0.15, -0.1) is 0 Å². The van der Waals surface area contributed by atoms with Crippen LogP contribution in [0, 0.1) is 5.92 Å². The molecule has 0 saturated heterocycles. The number of hydrogen-bond donors (Lipinski definition) is 1. The number of aliphatic hydroxyl groups excluding tert-OH is 1. The van der Waals surface area contributed by atoms with Gasteiger partial charge in [0.15, 0.2) is 0 Å². The number of fused-ring (bicyclic) bond motifs is 1. The number of hydrogen-bond acceptors (Lipinski definition) is 6. The number of ether oxygens (including phenoxy) is 1. The standard InChI is InChI=1S/C27H35N3O5S/c1-19-16-30(20(2)18-31)36(33,34)26-9-8-23(22-6-4-5-7-22)15-24(26)35-25(19)17-29(3)27(32)14-21-10-12-28-13-11-21/h6,8-13,15,19-20,25,31H,4-5,7,14,16-18H2,1-3H3/t19-,20+,25+/m1/s1. The van der Waals surface area contributed by atoms with Gasteiger partial charge in [-0.05, 0) is 67.2 Å². The fraction of sp³-hybridized carbons (Fsp3) is 0.481. The number of rotatable bonds is 7. The van der Waals surface area contributed by atoms with E-state index in [-0.39, 0.29) is 36.3 Å². The number of pyridine rings is 1. The molecule has 0 bridgehead atoms. The molecule has 3 atom stereocenters. The van der Waals surface area contributed by atoms with Gasteiger partial charge in [-0.1, -0.05) is 19.1 Å². The Balaban J connectivity index is 1.66. The Bertz CT molecular complexity index is 1220. The summed E-state index contributed by atoms with van der Waals surface area (Å²) in [6.45, 7) is 3.81. The molecule has 194 valence electrons. The molecule has 0 spiro atoms. The molecule has 4 rings (SSSR count). The van der Waals surface area contributed by atoms with Crippen LogP contribution in [0.1, 0.15) is 44.2 Å². The van der Waals surface area contributed by atoms with Gasteiger partial charge in [0.25, 0.3) is 0 Å². The maximum Gasteiger partial charge on any atom is 0.247 e. The third-order valence-corrected chi connectivity index (χ3v) is 9.08. The number of aliphatic hydroxyl groups is 1. The Labute approximate surface area is 213 Å². The van der Waals surface area contributed by atoms with Crippen molar-refractivity contribution in [3.05, 3.63) is 59.9 Å². The Kier molecular flexibility index (Phi) is 8.12. The minimum atomic E-state index is -3.89. The zero-order valence-electron chi connectivity index (χ0n) is 21.1. The second-order valence-corrected chi connectivity index (χ2v) is 11.7. The number of likely N-dealkylation sites (N-methyl/N-ethyl adjacent to an activating group) is 1. The molecule has 0 radical (unpaired) electrons. The van der Waals surface area contributed by atoms with Crippen LogP contribution in [0.5, 0.6) is 5.75 Å². The first kappa shape index (κ1) is 26.3. The highest BCUT2D eigenvalue weighted by Crippen LogP contribution is 2.37. The van der Waals surface area contributed by atoms with E-state index >= 15 is 0 Å². The lowest BCUT2D eigenvalue weighted by atomic mass is 10.0. The fourth-order valence-electron chi connectivity index (χ4n) is 4.76. The van der Waals surface area contributed by atoms with Gasteiger partial charge in [-0.25, -0.2) is 8.42 Å². The molecule has 0 saturated carbocycles. The summed E-state index contributed by atoms with van der Waals surface area (Å²) in [5.41, 5.74) is 3.02. The smallest absolute Gasteiger partial charge is 0.247 e. The van der Waals surface area contributed by atoms with Gasteiger partial charge < -0.3 is 14.7 Å². The molecule has 9 heteroatoms. The molecule has 1 aliphatic heterocycles. The van der Waals surface area contributed by atoms with Crippen molar-refractivity contribution >= 4 is 21.5 Å². The van der Waals surface area contributed by atoms with E-state index in [0.717, 1.165) is 30.4 Å². The minimum Gasteiger partial charge on any atom is -0.487 e. The largest absolute Gasteiger partial charge is 0.487 e. The lowest BCUT2D eigenvalue weighted by Gasteiger charge is -2.37. The first-order chi connectivity index (χ1) is 17.2. The third kappa shape index (κ3) is 5.63. The predicted molar refractivity (Wildman–Crippen MR) is 138 cm³/mol. The van der Waals surface area contributed by atoms with E-state index in [0.29, 0.717) is 12.3 Å². The fourth-order valence-corrected chi connectivity index (χ4v) is 6.58. The topological polar surface area (TPSA) is 100 Å². The van der Waals surface area contributed by atoms with Gasteiger partial charge in [0, 0.05) is 37.9 Å². The first-order valence-corrected chi connectivity index (χ1v) is 13.9. The van der Waals surface area contributed by atoms with Crippen LogP contribution in [0.2, 0.25) is 0 Å². The average molecular weight is 514 g/mol. The number of allylic oxidation sites excluding steroid dienone is 2. The summed E-state index contributed by atoms with van der Waals surface area (Å²) < 4.78 is 35.1. The summed E-state index contributed by atoms with van der Waals surface area (Å²) in [7, 11) is -2.15. The highest BCUT2D eigenvalue weighted by atomic mass is 32.2. The SMILES string of the molecule is C[C@@H]1CN([C@@H](C)CO)S(=O)(=O)c2ccc(C3=CCCC3)cc2O[C@H]1CN(C)C(=O)Cc1ccncc1. The highest BCUT2D eigenvalue weighted by Gasteiger charge is 2.38. The Morgan fingerprint density at radius 3 is 2.69 bits per heavy atom. The van der Waals surface area contributed by atoms with Gasteiger partial charge in [0.1, 0.15) is 16.7 Å². The Morgan fingerprint density at radius 1 is 1.28 bits per heavy atom. The number of sulfonamides is 1. The lowest BCUT2D eigenvalue weighted by Crippen LogP contribution is -2.50. The maximum absolute atomic E-state index is 13.6. The van der Waals surface area contributed by atoms with E-state index in [1.807, 2.05) is 31.2 Å². The number of amides is 1. The van der Waals surface area contributed by atoms with Crippen LogP contribution in [0.3, 0.4) is 0 Å². The highest BCUT2D eigenvalue weighted by molar-refractivity contribution is 7.89. The summed E-state index contributed by atoms with van der Waals surface area (Å²) in [5.74, 6) is 0.00627. The first-order valence-electron chi connectivity index (χ1n) is 12.5. The van der Waals surface area contributed by atoms with Crippen molar-refractivity contribution in [2.45, 2.75) is 56.6 Å². The van der Waals surface area contributed by atoms with E-state index in [2.05, 4.69) is 11.1 Å². The van der Waals surface area contributed by atoms with Crippen LogP contribution in [-0.4, -0.2) is 72.5 Å². The average Bonchev–Trinajstić information content (AvgIpc) is 3.41. The van der Waals surface area contributed by atoms with Crippen molar-refractivity contribution in [1.82, 2.24) is 14.2 Å². The molecule has 0 fully saturated rings. The maximum atomic E-state index is 13.6. The number of nitrogens with zero attached hydrogens (tertiary/aromatic N) is 3. The number of carbonyl (C=O) groups is 1.